The highest BCUT2D eigenvalue weighted by Gasteiger charge is 2.28. The molecule has 0 aliphatic carbocycles. The fourth-order valence-electron chi connectivity index (χ4n) is 2.99. The Labute approximate surface area is 176 Å². The molecule has 4 N–H and O–H groups in total. The van der Waals surface area contributed by atoms with Crippen LogP contribution < -0.4 is 10.6 Å². The number of H-pyrrole nitrogens is 1. The first-order valence-corrected chi connectivity index (χ1v) is 9.08. The van der Waals surface area contributed by atoms with Crippen LogP contribution in [0.3, 0.4) is 0 Å². The molecule has 0 spiro atoms. The lowest BCUT2D eigenvalue weighted by molar-refractivity contribution is -0.145. The number of para-hydroxylation sites is 1. The topological polar surface area (TPSA) is 155 Å². The van der Waals surface area contributed by atoms with Crippen molar-refractivity contribution < 1.29 is 32.8 Å². The molecular formula is C20H24N5O5+. The summed E-state index contributed by atoms with van der Waals surface area (Å²) in [7, 11) is -3.05. The van der Waals surface area contributed by atoms with Gasteiger partial charge in [0.25, 0.3) is 0 Å². The van der Waals surface area contributed by atoms with E-state index >= 15 is 0 Å². The molecule has 0 unspecified atom stereocenters. The Hall–Kier alpha value is -3.78. The van der Waals surface area contributed by atoms with Gasteiger partial charge >= 0.3 is 12.2 Å². The van der Waals surface area contributed by atoms with Gasteiger partial charge in [0.1, 0.15) is 12.1 Å². The normalized spacial score (nSPS) is 14.2. The third kappa shape index (κ3) is 6.11. The molecule has 10 nitrogen and oxygen atoms in total. The minimum absolute atomic E-state index is 0.0842. The number of carbonyl (C=O) groups excluding carboxylic acids is 4. The number of amides is 2. The van der Waals surface area contributed by atoms with E-state index in [1.54, 1.807) is 6.20 Å². The zero-order valence-electron chi connectivity index (χ0n) is 19.2. The van der Waals surface area contributed by atoms with Gasteiger partial charge in [-0.3, -0.25) is 14.4 Å². The number of aromatic nitrogens is 1. The monoisotopic (exact) mass is 417 g/mol. The molecule has 1 aromatic carbocycles. The maximum atomic E-state index is 13.0. The molecular weight excluding hydrogens is 390 g/mol. The van der Waals surface area contributed by atoms with Crippen LogP contribution in [0.2, 0.25) is 0 Å². The molecule has 2 aromatic rings. The van der Waals surface area contributed by atoms with E-state index in [4.69, 9.17) is 9.64 Å². The average Bonchev–Trinajstić information content (AvgIpc) is 3.12. The van der Waals surface area contributed by atoms with Crippen molar-refractivity contribution in [1.29, 1.82) is 5.53 Å². The minimum Gasteiger partial charge on any atom is -0.467 e. The van der Waals surface area contributed by atoms with Crippen molar-refractivity contribution >= 4 is 40.7 Å². The van der Waals surface area contributed by atoms with Crippen molar-refractivity contribution in [2.45, 2.75) is 38.3 Å². The molecule has 0 fully saturated rings. The first kappa shape index (κ1) is 18.3. The Kier molecular flexibility index (Phi) is 6.50. The predicted octanol–water partition coefficient (Wildman–Crippen LogP) is 0.532. The number of Topliss-reactive ketones (excluding diaryl/α,β-unsaturated/α-hetero) is 1. The second-order valence-electron chi connectivity index (χ2n) is 6.56. The van der Waals surface area contributed by atoms with Gasteiger partial charge in [0.15, 0.2) is 0 Å². The summed E-state index contributed by atoms with van der Waals surface area (Å²) in [6.07, 6.45) is 1.93. The number of aromatic amines is 1. The molecule has 2 atom stereocenters. The summed E-state index contributed by atoms with van der Waals surface area (Å²) in [4.78, 5) is 54.6. The standard InChI is InChI=1S/C20H23N5O5/c1-12(26)24-18(9-13-10-22-16-6-4-3-5-15(13)16)19(28)25-17(20(29)30-2)8-7-14(27)11-23-21/h3-6,10-11,17-18,21-22H,7-9H2,1-2H3,(H-,24,25,26,28)/p+1/t17-,18-/m0/s1/i2D3. The minimum atomic E-state index is -3.05. The van der Waals surface area contributed by atoms with Crippen molar-refractivity contribution in [1.82, 2.24) is 15.6 Å². The van der Waals surface area contributed by atoms with Crippen LogP contribution in [0.4, 0.5) is 0 Å². The van der Waals surface area contributed by atoms with E-state index < -0.39 is 42.7 Å². The number of rotatable bonds is 10. The maximum Gasteiger partial charge on any atom is 0.372 e. The van der Waals surface area contributed by atoms with Crippen LogP contribution in [0.1, 0.15) is 29.4 Å². The number of methoxy groups -OCH3 is 1. The first-order valence-electron chi connectivity index (χ1n) is 10.6. The molecule has 0 saturated heterocycles. The summed E-state index contributed by atoms with van der Waals surface area (Å²) < 4.78 is 25.7. The van der Waals surface area contributed by atoms with Gasteiger partial charge in [0.05, 0.1) is 21.5 Å². The number of ketones is 1. The quantitative estimate of drug-likeness (QED) is 0.192. The summed E-state index contributed by atoms with van der Waals surface area (Å²) in [5.74, 6) is -3.10. The molecule has 0 aliphatic heterocycles. The lowest BCUT2D eigenvalue weighted by Crippen LogP contribution is -2.52. The number of hydrogen-bond donors (Lipinski definition) is 4. The highest BCUT2D eigenvalue weighted by atomic mass is 16.5. The number of nitrogens with one attached hydrogen (secondary N) is 4. The predicted molar refractivity (Wildman–Crippen MR) is 107 cm³/mol. The molecule has 0 bridgehead atoms. The zero-order valence-corrected chi connectivity index (χ0v) is 16.2. The van der Waals surface area contributed by atoms with E-state index in [1.807, 2.05) is 24.3 Å². The van der Waals surface area contributed by atoms with Crippen molar-refractivity contribution in [2.75, 3.05) is 7.04 Å². The molecule has 2 rings (SSSR count). The lowest BCUT2D eigenvalue weighted by atomic mass is 10.0. The Morgan fingerprint density at radius 2 is 2.03 bits per heavy atom. The van der Waals surface area contributed by atoms with Gasteiger partial charge in [-0.25, -0.2) is 4.79 Å². The maximum absolute atomic E-state index is 13.0. The van der Waals surface area contributed by atoms with Crippen molar-refractivity contribution in [3.63, 3.8) is 0 Å². The van der Waals surface area contributed by atoms with Gasteiger partial charge in [0.2, 0.25) is 17.6 Å². The number of carbonyl (C=O) groups is 4. The third-order valence-corrected chi connectivity index (χ3v) is 4.38. The molecule has 10 heteroatoms. The fraction of sp³-hybridized carbons (Fsp3) is 0.350. The van der Waals surface area contributed by atoms with E-state index in [-0.39, 0.29) is 19.3 Å². The van der Waals surface area contributed by atoms with Crippen molar-refractivity contribution in [3.8, 4) is 0 Å². The fourth-order valence-corrected chi connectivity index (χ4v) is 2.99. The summed E-state index contributed by atoms with van der Waals surface area (Å²) in [5.41, 5.74) is 8.25. The molecule has 0 saturated carbocycles. The number of fused-ring (bicyclic) bond motifs is 1. The van der Waals surface area contributed by atoms with Gasteiger partial charge in [-0.1, -0.05) is 18.2 Å². The molecule has 30 heavy (non-hydrogen) atoms. The average molecular weight is 417 g/mol. The summed E-state index contributed by atoms with van der Waals surface area (Å²) in [6.45, 7) is 1.23. The number of hydrogen-bond acceptors (Lipinski definition) is 6. The van der Waals surface area contributed by atoms with Crippen LogP contribution in [0.5, 0.6) is 0 Å². The smallest absolute Gasteiger partial charge is 0.372 e. The van der Waals surface area contributed by atoms with Gasteiger partial charge in [-0.05, 0) is 18.1 Å². The SMILES string of the molecule is [2H]C([2H])([2H])OC(=O)[C@H](CCC(=O)C=[N+]=N)NC(=O)[C@H](Cc1c[nH]c2ccccc12)NC(C)=O. The number of ether oxygens (including phenoxy) is 1. The summed E-state index contributed by atoms with van der Waals surface area (Å²) in [5, 5.41) is 5.74. The van der Waals surface area contributed by atoms with E-state index in [2.05, 4.69) is 25.1 Å². The van der Waals surface area contributed by atoms with Crippen LogP contribution in [-0.4, -0.2) is 58.7 Å². The van der Waals surface area contributed by atoms with E-state index in [1.165, 1.54) is 6.92 Å². The van der Waals surface area contributed by atoms with Crippen LogP contribution >= 0.6 is 0 Å². The van der Waals surface area contributed by atoms with Crippen LogP contribution in [0.15, 0.2) is 30.5 Å². The Morgan fingerprint density at radius 3 is 2.73 bits per heavy atom. The van der Waals surface area contributed by atoms with E-state index in [9.17, 15) is 19.2 Å². The third-order valence-electron chi connectivity index (χ3n) is 4.38. The highest BCUT2D eigenvalue weighted by molar-refractivity contribution is 6.25. The molecule has 1 heterocycles. The molecule has 0 aliphatic rings. The summed E-state index contributed by atoms with van der Waals surface area (Å²) in [6, 6.07) is 4.81. The second kappa shape index (κ2) is 10.7. The Morgan fingerprint density at radius 1 is 1.27 bits per heavy atom. The first-order chi connectivity index (χ1) is 15.5. The van der Waals surface area contributed by atoms with E-state index in [0.29, 0.717) is 0 Å². The molecule has 0 radical (unpaired) electrons. The van der Waals surface area contributed by atoms with Crippen molar-refractivity contribution in [3.05, 3.63) is 36.0 Å². The molecule has 1 aromatic heterocycles. The molecule has 158 valence electrons. The van der Waals surface area contributed by atoms with E-state index in [0.717, 1.165) is 22.7 Å². The van der Waals surface area contributed by atoms with Crippen LogP contribution in [0.25, 0.3) is 10.9 Å². The van der Waals surface area contributed by atoms with Crippen LogP contribution in [0, 0.1) is 5.53 Å². The van der Waals surface area contributed by atoms with Gasteiger partial charge in [-0.2, -0.15) is 0 Å². The number of esters is 1. The zero-order chi connectivity index (χ0) is 24.6. The van der Waals surface area contributed by atoms with Crippen LogP contribution in [-0.2, 0) is 30.3 Å². The number of benzene rings is 1. The highest BCUT2D eigenvalue weighted by Crippen LogP contribution is 2.19. The summed E-state index contributed by atoms with van der Waals surface area (Å²) >= 11 is 0. The Balaban J connectivity index is 2.22. The lowest BCUT2D eigenvalue weighted by Gasteiger charge is -2.21. The van der Waals surface area contributed by atoms with Gasteiger partial charge in [-0.15, -0.1) is 0 Å². The Bertz CT molecular complexity index is 1090. The van der Waals surface area contributed by atoms with Gasteiger partial charge in [0, 0.05) is 36.9 Å². The van der Waals surface area contributed by atoms with Crippen molar-refractivity contribution in [2.24, 2.45) is 0 Å². The second-order valence-corrected chi connectivity index (χ2v) is 6.56. The number of nitrogens with zero attached hydrogens (tertiary/aromatic N) is 1. The molecule has 2 amide bonds. The van der Waals surface area contributed by atoms with Gasteiger partial charge < -0.3 is 20.4 Å². The largest absolute Gasteiger partial charge is 0.467 e.